The lowest BCUT2D eigenvalue weighted by Gasteiger charge is -2.10. The van der Waals surface area contributed by atoms with Gasteiger partial charge in [-0.25, -0.2) is 0 Å². The molecule has 2 aromatic carbocycles. The Balaban J connectivity index is 1.63. The Labute approximate surface area is 192 Å². The molecule has 166 valence electrons. The molecular weight excluding hydrogens is 422 g/mol. The summed E-state index contributed by atoms with van der Waals surface area (Å²) in [6, 6.07) is 13.4. The maximum absolute atomic E-state index is 12.6. The van der Waals surface area contributed by atoms with E-state index in [2.05, 4.69) is 27.4 Å². The lowest BCUT2D eigenvalue weighted by atomic mass is 10.1. The standard InChI is InChI=1S/C24H27N5O2S/c1-5-12-29-21(14-22(30)25-19-11-10-16(2)18(4)13-19)27-28-24(29)32-15-23(31)26-20-9-7-6-8-17(20)3/h5-11,13H,1,12,14-15H2,2-4H3,(H,25,30)(H,26,31). The van der Waals surface area contributed by atoms with Crippen LogP contribution in [0.5, 0.6) is 0 Å². The normalized spacial score (nSPS) is 10.6. The van der Waals surface area contributed by atoms with E-state index < -0.39 is 0 Å². The molecule has 3 aromatic rings. The molecule has 0 aliphatic rings. The van der Waals surface area contributed by atoms with Crippen LogP contribution in [0.15, 0.2) is 60.3 Å². The van der Waals surface area contributed by atoms with Crippen LogP contribution in [0.4, 0.5) is 11.4 Å². The Morgan fingerprint density at radius 1 is 1.00 bits per heavy atom. The first kappa shape index (κ1) is 23.3. The van der Waals surface area contributed by atoms with E-state index in [1.807, 2.05) is 63.2 Å². The molecule has 8 heteroatoms. The van der Waals surface area contributed by atoms with Gasteiger partial charge in [0.25, 0.3) is 0 Å². The van der Waals surface area contributed by atoms with Crippen molar-refractivity contribution >= 4 is 35.0 Å². The summed E-state index contributed by atoms with van der Waals surface area (Å²) in [7, 11) is 0. The van der Waals surface area contributed by atoms with Crippen molar-refractivity contribution in [2.45, 2.75) is 38.9 Å². The number of carbonyl (C=O) groups excluding carboxylic acids is 2. The predicted octanol–water partition coefficient (Wildman–Crippen LogP) is 4.30. The summed E-state index contributed by atoms with van der Waals surface area (Å²) < 4.78 is 1.80. The van der Waals surface area contributed by atoms with E-state index in [0.717, 1.165) is 22.5 Å². The van der Waals surface area contributed by atoms with Crippen LogP contribution in [-0.2, 0) is 22.6 Å². The fourth-order valence-corrected chi connectivity index (χ4v) is 3.83. The van der Waals surface area contributed by atoms with Crippen LogP contribution in [-0.4, -0.2) is 32.3 Å². The molecule has 1 aromatic heterocycles. The van der Waals surface area contributed by atoms with Crippen LogP contribution in [0.1, 0.15) is 22.5 Å². The van der Waals surface area contributed by atoms with Gasteiger partial charge >= 0.3 is 0 Å². The number of benzene rings is 2. The van der Waals surface area contributed by atoms with E-state index in [1.165, 1.54) is 17.3 Å². The lowest BCUT2D eigenvalue weighted by Crippen LogP contribution is -2.18. The van der Waals surface area contributed by atoms with Gasteiger partial charge in [0.2, 0.25) is 11.8 Å². The fourth-order valence-electron chi connectivity index (χ4n) is 3.07. The van der Waals surface area contributed by atoms with Crippen molar-refractivity contribution < 1.29 is 9.59 Å². The topological polar surface area (TPSA) is 88.9 Å². The molecule has 0 saturated heterocycles. The Bertz CT molecular complexity index is 1140. The quantitative estimate of drug-likeness (QED) is 0.376. The molecule has 0 atom stereocenters. The van der Waals surface area contributed by atoms with Crippen LogP contribution in [0, 0.1) is 20.8 Å². The molecule has 1 heterocycles. The SMILES string of the molecule is C=CCn1c(CC(=O)Nc2ccc(C)c(C)c2)nnc1SCC(=O)Nc1ccccc1C. The second-order valence-corrected chi connectivity index (χ2v) is 8.42. The minimum absolute atomic E-state index is 0.0731. The van der Waals surface area contributed by atoms with Gasteiger partial charge in [-0.15, -0.1) is 16.8 Å². The van der Waals surface area contributed by atoms with Crippen LogP contribution in [0.25, 0.3) is 0 Å². The number of nitrogens with zero attached hydrogens (tertiary/aromatic N) is 3. The van der Waals surface area contributed by atoms with E-state index in [1.54, 1.807) is 10.6 Å². The van der Waals surface area contributed by atoms with Crippen LogP contribution >= 0.6 is 11.8 Å². The molecule has 0 saturated carbocycles. The molecule has 0 spiro atoms. The number of hydrogen-bond donors (Lipinski definition) is 2. The van der Waals surface area contributed by atoms with Crippen molar-refractivity contribution in [1.82, 2.24) is 14.8 Å². The van der Waals surface area contributed by atoms with Gasteiger partial charge in [-0.3, -0.25) is 9.59 Å². The summed E-state index contributed by atoms with van der Waals surface area (Å²) >= 11 is 1.27. The van der Waals surface area contributed by atoms with Gasteiger partial charge in [0.1, 0.15) is 5.82 Å². The number of nitrogens with one attached hydrogen (secondary N) is 2. The zero-order valence-corrected chi connectivity index (χ0v) is 19.3. The number of carbonyl (C=O) groups is 2. The average molecular weight is 450 g/mol. The number of aromatic nitrogens is 3. The van der Waals surface area contributed by atoms with Crippen molar-refractivity contribution in [3.8, 4) is 0 Å². The van der Waals surface area contributed by atoms with E-state index in [9.17, 15) is 9.59 Å². The summed E-state index contributed by atoms with van der Waals surface area (Å²) in [5.41, 5.74) is 4.81. The first-order valence-electron chi connectivity index (χ1n) is 10.3. The van der Waals surface area contributed by atoms with Crippen LogP contribution in [0.2, 0.25) is 0 Å². The number of anilines is 2. The number of thioether (sulfide) groups is 1. The van der Waals surface area contributed by atoms with E-state index in [4.69, 9.17) is 0 Å². The molecule has 0 fully saturated rings. The Morgan fingerprint density at radius 3 is 2.50 bits per heavy atom. The highest BCUT2D eigenvalue weighted by Crippen LogP contribution is 2.20. The van der Waals surface area contributed by atoms with Gasteiger partial charge in [-0.2, -0.15) is 0 Å². The fraction of sp³-hybridized carbons (Fsp3) is 0.250. The molecule has 2 amide bonds. The third-order valence-corrected chi connectivity index (χ3v) is 5.93. The molecule has 0 aliphatic carbocycles. The number of amides is 2. The van der Waals surface area contributed by atoms with Crippen molar-refractivity contribution in [1.29, 1.82) is 0 Å². The highest BCUT2D eigenvalue weighted by molar-refractivity contribution is 7.99. The lowest BCUT2D eigenvalue weighted by molar-refractivity contribution is -0.116. The molecule has 0 bridgehead atoms. The first-order valence-corrected chi connectivity index (χ1v) is 11.2. The maximum atomic E-state index is 12.6. The van der Waals surface area contributed by atoms with Crippen molar-refractivity contribution in [2.24, 2.45) is 0 Å². The number of aryl methyl sites for hydroxylation is 3. The molecule has 0 radical (unpaired) electrons. The highest BCUT2D eigenvalue weighted by atomic mass is 32.2. The molecule has 0 unspecified atom stereocenters. The summed E-state index contributed by atoms with van der Waals surface area (Å²) in [6.45, 7) is 10.2. The molecule has 0 aliphatic heterocycles. The van der Waals surface area contributed by atoms with Crippen LogP contribution in [0.3, 0.4) is 0 Å². The third-order valence-electron chi connectivity index (χ3n) is 4.97. The molecule has 7 nitrogen and oxygen atoms in total. The van der Waals surface area contributed by atoms with Gasteiger partial charge in [-0.05, 0) is 55.7 Å². The van der Waals surface area contributed by atoms with Gasteiger partial charge in [0.15, 0.2) is 5.16 Å². The van der Waals surface area contributed by atoms with Gasteiger partial charge in [0, 0.05) is 17.9 Å². The average Bonchev–Trinajstić information content (AvgIpc) is 3.12. The first-order chi connectivity index (χ1) is 15.4. The monoisotopic (exact) mass is 449 g/mol. The van der Waals surface area contributed by atoms with E-state index in [-0.39, 0.29) is 24.0 Å². The minimum Gasteiger partial charge on any atom is -0.326 e. The van der Waals surface area contributed by atoms with E-state index in [0.29, 0.717) is 17.5 Å². The summed E-state index contributed by atoms with van der Waals surface area (Å²) in [5.74, 6) is 0.387. The van der Waals surface area contributed by atoms with Crippen molar-refractivity contribution in [3.63, 3.8) is 0 Å². The van der Waals surface area contributed by atoms with Gasteiger partial charge < -0.3 is 15.2 Å². The molecule has 2 N–H and O–H groups in total. The molecular formula is C24H27N5O2S. The maximum Gasteiger partial charge on any atom is 0.234 e. The predicted molar refractivity (Wildman–Crippen MR) is 129 cm³/mol. The van der Waals surface area contributed by atoms with Crippen LogP contribution < -0.4 is 10.6 Å². The summed E-state index contributed by atoms with van der Waals surface area (Å²) in [6.07, 6.45) is 1.79. The van der Waals surface area contributed by atoms with Crippen molar-refractivity contribution in [3.05, 3.63) is 77.6 Å². The number of allylic oxidation sites excluding steroid dienone is 1. The number of rotatable bonds is 9. The van der Waals surface area contributed by atoms with E-state index >= 15 is 0 Å². The zero-order chi connectivity index (χ0) is 23.1. The Kier molecular flexibility index (Phi) is 7.83. The van der Waals surface area contributed by atoms with Gasteiger partial charge in [0.05, 0.1) is 12.2 Å². The molecule has 32 heavy (non-hydrogen) atoms. The zero-order valence-electron chi connectivity index (χ0n) is 18.5. The van der Waals surface area contributed by atoms with Crippen molar-refractivity contribution in [2.75, 3.05) is 16.4 Å². The Hall–Kier alpha value is -3.39. The minimum atomic E-state index is -0.181. The Morgan fingerprint density at radius 2 is 1.78 bits per heavy atom. The molecule has 3 rings (SSSR count). The summed E-state index contributed by atoms with van der Waals surface area (Å²) in [5, 5.41) is 14.7. The smallest absolute Gasteiger partial charge is 0.234 e. The number of para-hydroxylation sites is 1. The number of hydrogen-bond acceptors (Lipinski definition) is 5. The highest BCUT2D eigenvalue weighted by Gasteiger charge is 2.17. The second kappa shape index (κ2) is 10.8. The largest absolute Gasteiger partial charge is 0.326 e. The third kappa shape index (κ3) is 6.07. The summed E-state index contributed by atoms with van der Waals surface area (Å²) in [4.78, 5) is 24.9. The van der Waals surface area contributed by atoms with Gasteiger partial charge in [-0.1, -0.05) is 42.1 Å². The second-order valence-electron chi connectivity index (χ2n) is 7.47.